The van der Waals surface area contributed by atoms with Gasteiger partial charge in [0.2, 0.25) is 17.7 Å². The minimum atomic E-state index is -0.563. The quantitative estimate of drug-likeness (QED) is 0.531. The number of likely N-dealkylation sites (tertiary alicyclic amines) is 1. The highest BCUT2D eigenvalue weighted by Gasteiger charge is 2.41. The molecular formula is C27H41ClN4O3. The standard InChI is InChI=1S/C27H40N4O3.ClH/c1-18(28-2)25(32)30-24(20-11-4-3-5-12-20)27(34)31-17-9-16-23(31)26(33)29-22-15-8-13-19-10-6-7-14-21(19)22;/h6-7,10,14,18,20,22-24,28H,3-5,8-9,11-13,15-17H2,1-2H3,(H,29,33)(H,30,32);1H/t18-,22+,23-,24-;/m0./s1. The van der Waals surface area contributed by atoms with Crippen LogP contribution < -0.4 is 16.0 Å². The number of nitrogens with one attached hydrogen (secondary N) is 3. The van der Waals surface area contributed by atoms with Gasteiger partial charge >= 0.3 is 0 Å². The fourth-order valence-corrected chi connectivity index (χ4v) is 5.91. The van der Waals surface area contributed by atoms with Gasteiger partial charge in [0.1, 0.15) is 12.1 Å². The van der Waals surface area contributed by atoms with Crippen molar-refractivity contribution in [1.29, 1.82) is 0 Å². The van der Waals surface area contributed by atoms with E-state index in [-0.39, 0.29) is 48.1 Å². The van der Waals surface area contributed by atoms with Crippen molar-refractivity contribution in [2.24, 2.45) is 5.92 Å². The van der Waals surface area contributed by atoms with E-state index in [9.17, 15) is 14.4 Å². The molecule has 1 saturated carbocycles. The molecule has 2 fully saturated rings. The number of carbonyl (C=O) groups is 3. The van der Waals surface area contributed by atoms with Crippen LogP contribution in [0.15, 0.2) is 24.3 Å². The summed E-state index contributed by atoms with van der Waals surface area (Å²) in [6, 6.07) is 6.92. The number of benzene rings is 1. The van der Waals surface area contributed by atoms with Gasteiger partial charge in [-0.3, -0.25) is 14.4 Å². The third-order valence-corrected chi connectivity index (χ3v) is 8.04. The molecule has 1 heterocycles. The molecule has 0 unspecified atom stereocenters. The molecule has 8 heteroatoms. The smallest absolute Gasteiger partial charge is 0.246 e. The number of hydrogen-bond donors (Lipinski definition) is 3. The number of halogens is 1. The summed E-state index contributed by atoms with van der Waals surface area (Å²) in [5, 5.41) is 9.26. The number of likely N-dealkylation sites (N-methyl/N-ethyl adjacent to an activating group) is 1. The highest BCUT2D eigenvalue weighted by atomic mass is 35.5. The number of carbonyl (C=O) groups excluding carboxylic acids is 3. The Morgan fingerprint density at radius 3 is 2.46 bits per heavy atom. The minimum Gasteiger partial charge on any atom is -0.347 e. The lowest BCUT2D eigenvalue weighted by Gasteiger charge is -2.35. The molecule has 1 aliphatic heterocycles. The lowest BCUT2D eigenvalue weighted by atomic mass is 9.83. The first-order valence-electron chi connectivity index (χ1n) is 13.2. The summed E-state index contributed by atoms with van der Waals surface area (Å²) in [5.41, 5.74) is 2.50. The summed E-state index contributed by atoms with van der Waals surface area (Å²) in [6.45, 7) is 2.37. The third kappa shape index (κ3) is 6.36. The van der Waals surface area contributed by atoms with Crippen LogP contribution in [0.4, 0.5) is 0 Å². The molecule has 1 aromatic carbocycles. The van der Waals surface area contributed by atoms with E-state index in [1.807, 2.05) is 6.07 Å². The molecule has 4 atom stereocenters. The second-order valence-electron chi connectivity index (χ2n) is 10.2. The Morgan fingerprint density at radius 2 is 1.71 bits per heavy atom. The number of hydrogen-bond acceptors (Lipinski definition) is 4. The summed E-state index contributed by atoms with van der Waals surface area (Å²) >= 11 is 0. The summed E-state index contributed by atoms with van der Waals surface area (Å²) in [5.74, 6) is -0.190. The van der Waals surface area contributed by atoms with Gasteiger partial charge in [0, 0.05) is 6.54 Å². The monoisotopic (exact) mass is 504 g/mol. The Balaban J connectivity index is 0.00000342. The Labute approximate surface area is 215 Å². The topological polar surface area (TPSA) is 90.5 Å². The molecule has 0 spiro atoms. The molecule has 3 amide bonds. The van der Waals surface area contributed by atoms with Crippen LogP contribution in [0.5, 0.6) is 0 Å². The van der Waals surface area contributed by atoms with E-state index >= 15 is 0 Å². The number of aryl methyl sites for hydroxylation is 1. The molecule has 0 aromatic heterocycles. The lowest BCUT2D eigenvalue weighted by molar-refractivity contribution is -0.143. The number of nitrogens with zero attached hydrogens (tertiary/aromatic N) is 1. The molecule has 3 aliphatic rings. The largest absolute Gasteiger partial charge is 0.347 e. The van der Waals surface area contributed by atoms with E-state index in [1.54, 1.807) is 18.9 Å². The van der Waals surface area contributed by atoms with Gasteiger partial charge in [0.15, 0.2) is 0 Å². The van der Waals surface area contributed by atoms with E-state index in [0.29, 0.717) is 13.0 Å². The summed E-state index contributed by atoms with van der Waals surface area (Å²) < 4.78 is 0. The predicted molar refractivity (Wildman–Crippen MR) is 139 cm³/mol. The molecule has 1 saturated heterocycles. The first kappa shape index (κ1) is 27.5. The zero-order valence-electron chi connectivity index (χ0n) is 21.1. The van der Waals surface area contributed by atoms with Gasteiger partial charge in [-0.15, -0.1) is 12.4 Å². The first-order chi connectivity index (χ1) is 16.5. The van der Waals surface area contributed by atoms with E-state index < -0.39 is 12.1 Å². The fourth-order valence-electron chi connectivity index (χ4n) is 5.91. The molecule has 0 bridgehead atoms. The van der Waals surface area contributed by atoms with E-state index in [4.69, 9.17) is 0 Å². The molecule has 7 nitrogen and oxygen atoms in total. The third-order valence-electron chi connectivity index (χ3n) is 8.04. The fraction of sp³-hybridized carbons (Fsp3) is 0.667. The molecule has 194 valence electrons. The van der Waals surface area contributed by atoms with Gasteiger partial charge in [-0.05, 0) is 76.0 Å². The number of rotatable bonds is 7. The Bertz CT molecular complexity index is 889. The van der Waals surface area contributed by atoms with Crippen LogP contribution in [0.3, 0.4) is 0 Å². The van der Waals surface area contributed by atoms with Crippen molar-refractivity contribution in [3.8, 4) is 0 Å². The number of amides is 3. The van der Waals surface area contributed by atoms with Crippen LogP contribution in [-0.4, -0.2) is 54.3 Å². The van der Waals surface area contributed by atoms with Gasteiger partial charge in [0.05, 0.1) is 12.1 Å². The molecule has 1 aromatic rings. The summed E-state index contributed by atoms with van der Waals surface area (Å²) in [6.07, 6.45) is 9.71. The zero-order chi connectivity index (χ0) is 24.1. The van der Waals surface area contributed by atoms with Gasteiger partial charge in [0.25, 0.3) is 0 Å². The minimum absolute atomic E-state index is 0. The SMILES string of the molecule is CN[C@@H](C)C(=O)N[C@H](C(=O)N1CCC[C@H]1C(=O)N[C@@H]1CCCc2ccccc21)C1CCCCC1.Cl. The van der Waals surface area contributed by atoms with Crippen molar-refractivity contribution in [2.75, 3.05) is 13.6 Å². The maximum atomic E-state index is 13.8. The van der Waals surface area contributed by atoms with Crippen molar-refractivity contribution >= 4 is 30.1 Å². The summed E-state index contributed by atoms with van der Waals surface area (Å²) in [7, 11) is 1.74. The van der Waals surface area contributed by atoms with Crippen molar-refractivity contribution in [1.82, 2.24) is 20.9 Å². The van der Waals surface area contributed by atoms with E-state index in [0.717, 1.165) is 51.4 Å². The zero-order valence-corrected chi connectivity index (χ0v) is 21.9. The summed E-state index contributed by atoms with van der Waals surface area (Å²) in [4.78, 5) is 41.7. The van der Waals surface area contributed by atoms with Gasteiger partial charge in [-0.2, -0.15) is 0 Å². The van der Waals surface area contributed by atoms with Crippen molar-refractivity contribution in [2.45, 2.75) is 95.3 Å². The molecular weight excluding hydrogens is 464 g/mol. The van der Waals surface area contributed by atoms with Crippen LogP contribution in [-0.2, 0) is 20.8 Å². The highest BCUT2D eigenvalue weighted by Crippen LogP contribution is 2.32. The second-order valence-corrected chi connectivity index (χ2v) is 10.2. The number of fused-ring (bicyclic) bond motifs is 1. The molecule has 3 N–H and O–H groups in total. The second kappa shape index (κ2) is 12.7. The van der Waals surface area contributed by atoms with Crippen molar-refractivity contribution in [3.63, 3.8) is 0 Å². The Morgan fingerprint density at radius 1 is 0.971 bits per heavy atom. The van der Waals surface area contributed by atoms with Crippen LogP contribution in [0, 0.1) is 5.92 Å². The Hall–Kier alpha value is -2.12. The van der Waals surface area contributed by atoms with E-state index in [1.165, 1.54) is 17.5 Å². The molecule has 2 aliphatic carbocycles. The Kier molecular flexibility index (Phi) is 9.99. The lowest BCUT2D eigenvalue weighted by Crippen LogP contribution is -2.58. The highest BCUT2D eigenvalue weighted by molar-refractivity contribution is 5.93. The van der Waals surface area contributed by atoms with Crippen molar-refractivity contribution < 1.29 is 14.4 Å². The van der Waals surface area contributed by atoms with Gasteiger partial charge < -0.3 is 20.9 Å². The normalized spacial score (nSPS) is 24.0. The van der Waals surface area contributed by atoms with E-state index in [2.05, 4.69) is 34.1 Å². The van der Waals surface area contributed by atoms with Gasteiger partial charge in [-0.1, -0.05) is 43.5 Å². The van der Waals surface area contributed by atoms with Crippen molar-refractivity contribution in [3.05, 3.63) is 35.4 Å². The molecule has 0 radical (unpaired) electrons. The first-order valence-corrected chi connectivity index (χ1v) is 13.2. The van der Waals surface area contributed by atoms with Gasteiger partial charge in [-0.25, -0.2) is 0 Å². The maximum absolute atomic E-state index is 13.8. The van der Waals surface area contributed by atoms with Crippen LogP contribution >= 0.6 is 12.4 Å². The van der Waals surface area contributed by atoms with Crippen LogP contribution in [0.25, 0.3) is 0 Å². The average Bonchev–Trinajstić information content (AvgIpc) is 3.37. The predicted octanol–water partition coefficient (Wildman–Crippen LogP) is 3.27. The van der Waals surface area contributed by atoms with Crippen LogP contribution in [0.2, 0.25) is 0 Å². The maximum Gasteiger partial charge on any atom is 0.246 e. The average molecular weight is 505 g/mol. The molecule has 35 heavy (non-hydrogen) atoms. The molecule has 4 rings (SSSR count). The van der Waals surface area contributed by atoms with Crippen LogP contribution in [0.1, 0.15) is 81.9 Å².